The third-order valence-corrected chi connectivity index (χ3v) is 3.07. The first-order valence-electron chi connectivity index (χ1n) is 6.07. The number of benzene rings is 1. The number of hydrogen-bond acceptors (Lipinski definition) is 5. The minimum Gasteiger partial charge on any atom is -0.387 e. The number of aromatic nitrogens is 4. The summed E-state index contributed by atoms with van der Waals surface area (Å²) in [5.41, 5.74) is 1.98. The standard InChI is InChI=1S/C13H12ClN5O/c14-13-18-11(10-12(19-13)17-7-16-10)15-6-9(20)8-4-2-1-3-5-8/h1-5,7,9,20H,6H2,(H2,15,16,17,18,19)/t9-/m0/s1. The molecule has 0 bridgehead atoms. The molecule has 0 unspecified atom stereocenters. The van der Waals surface area contributed by atoms with Crippen molar-refractivity contribution in [2.45, 2.75) is 6.10 Å². The topological polar surface area (TPSA) is 86.7 Å². The van der Waals surface area contributed by atoms with Crippen LogP contribution in [0.1, 0.15) is 11.7 Å². The van der Waals surface area contributed by atoms with Crippen LogP contribution in [0.3, 0.4) is 0 Å². The number of aliphatic hydroxyl groups excluding tert-OH is 1. The molecular weight excluding hydrogens is 278 g/mol. The third-order valence-electron chi connectivity index (χ3n) is 2.91. The van der Waals surface area contributed by atoms with E-state index < -0.39 is 6.10 Å². The van der Waals surface area contributed by atoms with Gasteiger partial charge in [0.2, 0.25) is 5.28 Å². The lowest BCUT2D eigenvalue weighted by Crippen LogP contribution is -2.13. The van der Waals surface area contributed by atoms with E-state index in [9.17, 15) is 5.11 Å². The van der Waals surface area contributed by atoms with Gasteiger partial charge in [0.25, 0.3) is 0 Å². The molecule has 1 aromatic carbocycles. The van der Waals surface area contributed by atoms with Gasteiger partial charge in [-0.05, 0) is 17.2 Å². The van der Waals surface area contributed by atoms with Crippen LogP contribution in [0.5, 0.6) is 0 Å². The lowest BCUT2D eigenvalue weighted by molar-refractivity contribution is 0.191. The maximum Gasteiger partial charge on any atom is 0.226 e. The second-order valence-corrected chi connectivity index (χ2v) is 4.59. The van der Waals surface area contributed by atoms with Crippen LogP contribution in [0.4, 0.5) is 5.82 Å². The zero-order valence-corrected chi connectivity index (χ0v) is 11.2. The molecule has 0 aliphatic rings. The minimum absolute atomic E-state index is 0.112. The smallest absolute Gasteiger partial charge is 0.226 e. The number of aromatic amines is 1. The fourth-order valence-electron chi connectivity index (χ4n) is 1.92. The Morgan fingerprint density at radius 1 is 1.25 bits per heavy atom. The molecule has 2 heterocycles. The van der Waals surface area contributed by atoms with E-state index in [1.807, 2.05) is 30.3 Å². The van der Waals surface area contributed by atoms with Gasteiger partial charge in [-0.15, -0.1) is 0 Å². The van der Waals surface area contributed by atoms with Crippen LogP contribution in [0.15, 0.2) is 36.7 Å². The zero-order valence-electron chi connectivity index (χ0n) is 10.4. The molecule has 0 radical (unpaired) electrons. The first-order valence-corrected chi connectivity index (χ1v) is 6.45. The second-order valence-electron chi connectivity index (χ2n) is 4.25. The van der Waals surface area contributed by atoms with Crippen molar-refractivity contribution in [2.24, 2.45) is 0 Å². The molecule has 0 saturated heterocycles. The molecule has 0 fully saturated rings. The summed E-state index contributed by atoms with van der Waals surface area (Å²) < 4.78 is 0. The Labute approximate surface area is 119 Å². The van der Waals surface area contributed by atoms with Crippen LogP contribution in [-0.2, 0) is 0 Å². The van der Waals surface area contributed by atoms with E-state index >= 15 is 0 Å². The average molecular weight is 290 g/mol. The maximum absolute atomic E-state index is 10.1. The number of hydrogen-bond donors (Lipinski definition) is 3. The molecule has 102 valence electrons. The van der Waals surface area contributed by atoms with Gasteiger partial charge in [-0.1, -0.05) is 30.3 Å². The summed E-state index contributed by atoms with van der Waals surface area (Å²) >= 11 is 5.83. The molecule has 6 nitrogen and oxygen atoms in total. The molecule has 20 heavy (non-hydrogen) atoms. The minimum atomic E-state index is -0.636. The summed E-state index contributed by atoms with van der Waals surface area (Å²) in [5, 5.41) is 13.3. The molecule has 0 saturated carbocycles. The Hall–Kier alpha value is -2.18. The van der Waals surface area contributed by atoms with Crippen LogP contribution in [-0.4, -0.2) is 31.6 Å². The van der Waals surface area contributed by atoms with E-state index in [0.717, 1.165) is 5.56 Å². The van der Waals surface area contributed by atoms with Gasteiger partial charge < -0.3 is 15.4 Å². The second kappa shape index (κ2) is 5.44. The molecular formula is C13H12ClN5O. The van der Waals surface area contributed by atoms with E-state index in [2.05, 4.69) is 25.3 Å². The summed E-state index contributed by atoms with van der Waals surface area (Å²) in [4.78, 5) is 15.1. The summed E-state index contributed by atoms with van der Waals surface area (Å²) in [6, 6.07) is 9.40. The van der Waals surface area contributed by atoms with Crippen molar-refractivity contribution in [1.29, 1.82) is 0 Å². The van der Waals surface area contributed by atoms with E-state index in [-0.39, 0.29) is 5.28 Å². The van der Waals surface area contributed by atoms with Crippen LogP contribution < -0.4 is 5.32 Å². The number of fused-ring (bicyclic) bond motifs is 1. The van der Waals surface area contributed by atoms with Gasteiger partial charge in [0.1, 0.15) is 5.52 Å². The van der Waals surface area contributed by atoms with Crippen LogP contribution in [0.25, 0.3) is 11.2 Å². The van der Waals surface area contributed by atoms with Crippen molar-refractivity contribution in [3.8, 4) is 0 Å². The fourth-order valence-corrected chi connectivity index (χ4v) is 2.09. The van der Waals surface area contributed by atoms with Crippen LogP contribution in [0.2, 0.25) is 5.28 Å². The summed E-state index contributed by atoms with van der Waals surface area (Å²) in [6.07, 6.45) is 0.886. The van der Waals surface area contributed by atoms with E-state index in [0.29, 0.717) is 23.5 Å². The predicted octanol–water partition coefficient (Wildman–Crippen LogP) is 2.15. The number of H-pyrrole nitrogens is 1. The SMILES string of the molecule is O[C@@H](CNc1nc(Cl)nc2nc[nH]c12)c1ccccc1. The molecule has 0 spiro atoms. The highest BCUT2D eigenvalue weighted by Crippen LogP contribution is 2.20. The molecule has 2 aromatic heterocycles. The average Bonchev–Trinajstić information content (AvgIpc) is 2.93. The van der Waals surface area contributed by atoms with Crippen molar-refractivity contribution in [2.75, 3.05) is 11.9 Å². The zero-order chi connectivity index (χ0) is 13.9. The number of nitrogens with zero attached hydrogens (tertiary/aromatic N) is 3. The van der Waals surface area contributed by atoms with E-state index in [1.165, 1.54) is 6.33 Å². The van der Waals surface area contributed by atoms with Crippen molar-refractivity contribution in [3.63, 3.8) is 0 Å². The number of halogens is 1. The highest BCUT2D eigenvalue weighted by atomic mass is 35.5. The maximum atomic E-state index is 10.1. The Bertz CT molecular complexity index is 715. The van der Waals surface area contributed by atoms with Crippen molar-refractivity contribution in [1.82, 2.24) is 19.9 Å². The number of imidazole rings is 1. The van der Waals surface area contributed by atoms with Crippen LogP contribution >= 0.6 is 11.6 Å². The number of aliphatic hydroxyl groups is 1. The highest BCUT2D eigenvalue weighted by Gasteiger charge is 2.11. The molecule has 7 heteroatoms. The van der Waals surface area contributed by atoms with Gasteiger partial charge in [-0.2, -0.15) is 9.97 Å². The number of rotatable bonds is 4. The largest absolute Gasteiger partial charge is 0.387 e. The predicted molar refractivity (Wildman–Crippen MR) is 76.6 cm³/mol. The number of nitrogens with one attached hydrogen (secondary N) is 2. The molecule has 3 aromatic rings. The Kier molecular flexibility index (Phi) is 3.49. The van der Waals surface area contributed by atoms with Gasteiger partial charge in [0, 0.05) is 6.54 Å². The van der Waals surface area contributed by atoms with Crippen molar-refractivity contribution < 1.29 is 5.11 Å². The molecule has 0 aliphatic carbocycles. The monoisotopic (exact) mass is 289 g/mol. The fraction of sp³-hybridized carbons (Fsp3) is 0.154. The molecule has 1 atom stereocenters. The quantitative estimate of drug-likeness (QED) is 0.641. The van der Waals surface area contributed by atoms with Gasteiger partial charge in [0.15, 0.2) is 11.5 Å². The summed E-state index contributed by atoms with van der Waals surface area (Å²) in [6.45, 7) is 0.311. The van der Waals surface area contributed by atoms with E-state index in [4.69, 9.17) is 11.6 Å². The Morgan fingerprint density at radius 3 is 2.85 bits per heavy atom. The summed E-state index contributed by atoms with van der Waals surface area (Å²) in [7, 11) is 0. The molecule has 0 amide bonds. The Balaban J connectivity index is 1.78. The highest BCUT2D eigenvalue weighted by molar-refractivity contribution is 6.28. The molecule has 0 aliphatic heterocycles. The lowest BCUT2D eigenvalue weighted by atomic mass is 10.1. The third kappa shape index (κ3) is 2.56. The lowest BCUT2D eigenvalue weighted by Gasteiger charge is -2.12. The van der Waals surface area contributed by atoms with Gasteiger partial charge in [-0.25, -0.2) is 4.98 Å². The normalized spacial score (nSPS) is 12.5. The van der Waals surface area contributed by atoms with Crippen molar-refractivity contribution in [3.05, 3.63) is 47.5 Å². The van der Waals surface area contributed by atoms with Crippen LogP contribution in [0, 0.1) is 0 Å². The first-order chi connectivity index (χ1) is 9.74. The van der Waals surface area contributed by atoms with Gasteiger partial charge in [-0.3, -0.25) is 0 Å². The van der Waals surface area contributed by atoms with Gasteiger partial charge in [0.05, 0.1) is 12.4 Å². The first kappa shape index (κ1) is 12.8. The summed E-state index contributed by atoms with van der Waals surface area (Å²) in [5.74, 6) is 0.521. The number of anilines is 1. The molecule has 3 rings (SSSR count). The Morgan fingerprint density at radius 2 is 2.05 bits per heavy atom. The van der Waals surface area contributed by atoms with E-state index in [1.54, 1.807) is 0 Å². The molecule has 3 N–H and O–H groups in total. The van der Waals surface area contributed by atoms with Gasteiger partial charge >= 0.3 is 0 Å². The van der Waals surface area contributed by atoms with Crippen molar-refractivity contribution >= 4 is 28.6 Å².